The van der Waals surface area contributed by atoms with Gasteiger partial charge in [0.25, 0.3) is 0 Å². The molecule has 2 unspecified atom stereocenters. The largest absolute Gasteiger partial charge is 0.508 e. The van der Waals surface area contributed by atoms with Gasteiger partial charge in [-0.05, 0) is 124 Å². The number of aliphatic hydroxyl groups excluding tert-OH is 4. The van der Waals surface area contributed by atoms with Crippen LogP contribution in [0.5, 0.6) is 0 Å². The van der Waals surface area contributed by atoms with E-state index in [1.54, 1.807) is 6.92 Å². The van der Waals surface area contributed by atoms with E-state index in [0.29, 0.717) is 77.6 Å². The van der Waals surface area contributed by atoms with Gasteiger partial charge in [-0.25, -0.2) is 14.4 Å². The average Bonchev–Trinajstić information content (AvgIpc) is 3.64. The summed E-state index contributed by atoms with van der Waals surface area (Å²) in [7, 11) is 0. The Morgan fingerprint density at radius 2 is 1.01 bits per heavy atom. The molecule has 1 saturated heterocycles. The molecule has 14 heteroatoms. The van der Waals surface area contributed by atoms with Crippen LogP contribution in [0.1, 0.15) is 174 Å². The van der Waals surface area contributed by atoms with Crippen LogP contribution in [-0.4, -0.2) is 114 Å². The van der Waals surface area contributed by atoms with Gasteiger partial charge in [0.2, 0.25) is 0 Å². The third kappa shape index (κ3) is 21.3. The second-order valence-corrected chi connectivity index (χ2v) is 22.5. The van der Waals surface area contributed by atoms with E-state index >= 15 is 0 Å². The number of esters is 1. The summed E-state index contributed by atoms with van der Waals surface area (Å²) in [5.74, 6) is 5.45. The molecule has 0 aromatic heterocycles. The van der Waals surface area contributed by atoms with Crippen molar-refractivity contribution in [1.82, 2.24) is 0 Å². The highest BCUT2D eigenvalue weighted by molar-refractivity contribution is 5.74. The van der Waals surface area contributed by atoms with Crippen LogP contribution in [0.25, 0.3) is 0 Å². The average molecular weight is 959 g/mol. The lowest BCUT2D eigenvalue weighted by Crippen LogP contribution is -2.47. The van der Waals surface area contributed by atoms with Crippen molar-refractivity contribution in [1.29, 1.82) is 0 Å². The van der Waals surface area contributed by atoms with Crippen molar-refractivity contribution < 1.29 is 68.0 Å². The second kappa shape index (κ2) is 30.5. The Hall–Kier alpha value is -2.23. The van der Waals surface area contributed by atoms with E-state index in [1.807, 2.05) is 0 Å². The maximum atomic E-state index is 11.5. The number of ether oxygens (including phenoxy) is 7. The zero-order chi connectivity index (χ0) is 50.6. The molecule has 5 fully saturated rings. The third-order valence-electron chi connectivity index (χ3n) is 14.8. The number of aliphatic hydroxyl groups is 4. The summed E-state index contributed by atoms with van der Waals surface area (Å²) in [6, 6.07) is 0. The van der Waals surface area contributed by atoms with Gasteiger partial charge >= 0.3 is 18.3 Å². The zero-order valence-electron chi connectivity index (χ0n) is 44.3. The number of hydrogen-bond donors (Lipinski definition) is 4. The molecule has 4 aliphatic carbocycles. The van der Waals surface area contributed by atoms with E-state index in [1.165, 1.54) is 39.0 Å². The molecule has 67 heavy (non-hydrogen) atoms. The molecule has 0 amide bonds. The molecule has 4 N–H and O–H groups in total. The Morgan fingerprint density at radius 1 is 0.582 bits per heavy atom. The first-order valence-electron chi connectivity index (χ1n) is 26.2. The van der Waals surface area contributed by atoms with Crippen LogP contribution in [0, 0.1) is 71.0 Å². The maximum absolute atomic E-state index is 11.5. The lowest BCUT2D eigenvalue weighted by atomic mass is 9.73. The number of carbonyl (C=O) groups is 3. The monoisotopic (exact) mass is 959 g/mol. The zero-order valence-corrected chi connectivity index (χ0v) is 44.3. The van der Waals surface area contributed by atoms with E-state index in [4.69, 9.17) is 53.6 Å². The SMILES string of the molecule is CC(C)[C@@H]1CC[C@@H](C)C[C@@]12OCC(CO)O2.CC(C)[C@@H]1CC[C@@H](C)C[C@H]1OC(=O)OCCO.CC(C)[C@@H]1CC[C@@H](C)C[C@H]1OC(=O)[C@@H](C)O.CC(O)COC(=O)O[C@@H]1C[C@H](C)CC[C@H]1C(C)C. The van der Waals surface area contributed by atoms with Gasteiger partial charge in [-0.1, -0.05) is 109 Å². The Morgan fingerprint density at radius 3 is 1.39 bits per heavy atom. The molecule has 1 heterocycles. The van der Waals surface area contributed by atoms with Gasteiger partial charge < -0.3 is 53.6 Å². The van der Waals surface area contributed by atoms with E-state index in [9.17, 15) is 14.4 Å². The molecule has 5 aliphatic rings. The minimum atomic E-state index is -1.01. The Kier molecular flexibility index (Phi) is 27.7. The van der Waals surface area contributed by atoms with Crippen LogP contribution in [0.4, 0.5) is 9.59 Å². The van der Waals surface area contributed by atoms with Gasteiger partial charge in [0.15, 0.2) is 5.79 Å². The van der Waals surface area contributed by atoms with Crippen LogP contribution in [0.2, 0.25) is 0 Å². The van der Waals surface area contributed by atoms with Crippen molar-refractivity contribution in [2.45, 2.75) is 216 Å². The van der Waals surface area contributed by atoms with Gasteiger partial charge in [-0.2, -0.15) is 0 Å². The molecule has 394 valence electrons. The normalized spacial score (nSPS) is 33.8. The highest BCUT2D eigenvalue weighted by atomic mass is 16.8. The quantitative estimate of drug-likeness (QED) is 0.101. The third-order valence-corrected chi connectivity index (χ3v) is 14.8. The number of rotatable bonds is 13. The van der Waals surface area contributed by atoms with Crippen LogP contribution in [0.15, 0.2) is 0 Å². The maximum Gasteiger partial charge on any atom is 0.508 e. The summed E-state index contributed by atoms with van der Waals surface area (Å²) < 4.78 is 37.8. The predicted octanol–water partition coefficient (Wildman–Crippen LogP) is 10.1. The lowest BCUT2D eigenvalue weighted by Gasteiger charge is -2.44. The summed E-state index contributed by atoms with van der Waals surface area (Å²) in [6.07, 6.45) is 9.96. The summed E-state index contributed by atoms with van der Waals surface area (Å²) >= 11 is 0. The summed E-state index contributed by atoms with van der Waals surface area (Å²) in [4.78, 5) is 34.3. The smallest absolute Gasteiger partial charge is 0.460 e. The van der Waals surface area contributed by atoms with Gasteiger partial charge in [0.1, 0.15) is 43.7 Å². The van der Waals surface area contributed by atoms with Crippen molar-refractivity contribution in [2.75, 3.05) is 33.0 Å². The summed E-state index contributed by atoms with van der Waals surface area (Å²) in [5.41, 5.74) is 0. The molecular weight excluding hydrogens is 861 g/mol. The molecule has 15 atom stereocenters. The van der Waals surface area contributed by atoms with Gasteiger partial charge in [0, 0.05) is 12.3 Å². The molecule has 5 rings (SSSR count). The second-order valence-electron chi connectivity index (χ2n) is 22.5. The van der Waals surface area contributed by atoms with Gasteiger partial charge in [0.05, 0.1) is 25.9 Å². The Labute approximate surface area is 405 Å². The Bertz CT molecular complexity index is 1390. The van der Waals surface area contributed by atoms with Crippen molar-refractivity contribution in [2.24, 2.45) is 71.0 Å². The molecule has 1 spiro atoms. The fraction of sp³-hybridized carbons (Fsp3) is 0.943. The van der Waals surface area contributed by atoms with Crippen molar-refractivity contribution >= 4 is 18.3 Å². The number of carbonyl (C=O) groups excluding carboxylic acids is 3. The molecule has 14 nitrogen and oxygen atoms in total. The first-order chi connectivity index (χ1) is 31.4. The van der Waals surface area contributed by atoms with E-state index in [2.05, 4.69) is 83.1 Å². The van der Waals surface area contributed by atoms with Crippen LogP contribution in [0.3, 0.4) is 0 Å². The molecule has 0 aromatic carbocycles. The molecule has 0 radical (unpaired) electrons. The molecule has 4 saturated carbocycles. The minimum Gasteiger partial charge on any atom is -0.460 e. The molecule has 1 aliphatic heterocycles. The topological polar surface area (TPSA) is 197 Å². The van der Waals surface area contributed by atoms with Crippen molar-refractivity contribution in [3.8, 4) is 0 Å². The van der Waals surface area contributed by atoms with E-state index < -0.39 is 36.3 Å². The van der Waals surface area contributed by atoms with Gasteiger partial charge in [-0.15, -0.1) is 0 Å². The highest BCUT2D eigenvalue weighted by Crippen LogP contribution is 2.47. The van der Waals surface area contributed by atoms with Gasteiger partial charge in [-0.3, -0.25) is 0 Å². The van der Waals surface area contributed by atoms with E-state index in [0.717, 1.165) is 44.9 Å². The minimum absolute atomic E-state index is 0.00650. The standard InChI is InChI=1S/C14H26O4.C13H24O4.2C13H24O3/c1-9(2)12-6-5-10(3)7-13(12)18-14(16)17-8-11(4)15;1-9(2)11-5-4-10(3)8-12(11)17-13(15)16-7-6-14;1-9(2)12-5-4-10(3)6-13(12)15-8-11(7-14)16-13;1-8(2)11-6-5-9(3)7-12(11)16-13(15)10(4)14/h9-13,15H,5-8H2,1-4H3;9-12,14H,4-8H2,1-3H3;9-12,14H,4-8H2,1-3H3;8-12,14H,5-7H2,1-4H3/t10-,11?,12+,13-;10-,11+,12-;10-,11?,12+,13+;9-,10-,11+,12-/m1111/s1. The fourth-order valence-corrected chi connectivity index (χ4v) is 10.9. The highest BCUT2D eigenvalue weighted by Gasteiger charge is 2.51. The van der Waals surface area contributed by atoms with Crippen LogP contribution in [-0.2, 0) is 38.0 Å². The van der Waals surface area contributed by atoms with Crippen LogP contribution < -0.4 is 0 Å². The van der Waals surface area contributed by atoms with Crippen molar-refractivity contribution in [3.05, 3.63) is 0 Å². The molecular formula is C53H98O14. The lowest BCUT2D eigenvalue weighted by molar-refractivity contribution is -0.240. The fourth-order valence-electron chi connectivity index (χ4n) is 10.9. The predicted molar refractivity (Wildman–Crippen MR) is 259 cm³/mol. The molecule has 0 bridgehead atoms. The van der Waals surface area contributed by atoms with E-state index in [-0.39, 0.29) is 50.8 Å². The van der Waals surface area contributed by atoms with Crippen LogP contribution >= 0.6 is 0 Å². The molecule has 0 aromatic rings. The number of hydrogen-bond acceptors (Lipinski definition) is 14. The van der Waals surface area contributed by atoms with Crippen molar-refractivity contribution in [3.63, 3.8) is 0 Å². The first-order valence-corrected chi connectivity index (χ1v) is 26.2. The first kappa shape index (κ1) is 60.9. The summed E-state index contributed by atoms with van der Waals surface area (Å²) in [5, 5.41) is 36.0. The Balaban J connectivity index is 0.000000307. The summed E-state index contributed by atoms with van der Waals surface area (Å²) in [6.45, 7) is 29.8.